The Labute approximate surface area is 195 Å². The molecule has 0 spiro atoms. The number of benzene rings is 1. The molecule has 1 atom stereocenters. The van der Waals surface area contributed by atoms with Crippen molar-refractivity contribution >= 4 is 41.3 Å². The van der Waals surface area contributed by atoms with Crippen LogP contribution in [0.25, 0.3) is 0 Å². The largest absolute Gasteiger partial charge is 0.496 e. The first-order chi connectivity index (χ1) is 13.7. The molecule has 29 heavy (non-hydrogen) atoms. The smallest absolute Gasteiger partial charge is 0.191 e. The minimum Gasteiger partial charge on any atom is -0.496 e. The van der Waals surface area contributed by atoms with E-state index in [1.165, 1.54) is 23.4 Å². The summed E-state index contributed by atoms with van der Waals surface area (Å²) in [5.74, 6) is 1.74. The summed E-state index contributed by atoms with van der Waals surface area (Å²) in [6.45, 7) is 5.83. The van der Waals surface area contributed by atoms with E-state index >= 15 is 0 Å². The molecule has 1 aromatic heterocycles. The van der Waals surface area contributed by atoms with Gasteiger partial charge in [-0.05, 0) is 38.4 Å². The summed E-state index contributed by atoms with van der Waals surface area (Å²) in [5, 5.41) is 10.2. The number of para-hydroxylation sites is 1. The fourth-order valence-corrected chi connectivity index (χ4v) is 4.36. The third-order valence-corrected chi connectivity index (χ3v) is 6.15. The van der Waals surface area contributed by atoms with Gasteiger partial charge < -0.3 is 15.4 Å². The van der Waals surface area contributed by atoms with Crippen LogP contribution in [-0.2, 0) is 13.0 Å². The van der Waals surface area contributed by atoms with Crippen molar-refractivity contribution in [1.82, 2.24) is 20.5 Å². The van der Waals surface area contributed by atoms with Crippen molar-refractivity contribution in [3.05, 3.63) is 45.9 Å². The second-order valence-electron chi connectivity index (χ2n) is 6.89. The second kappa shape index (κ2) is 12.3. The van der Waals surface area contributed by atoms with Gasteiger partial charge >= 0.3 is 0 Å². The number of nitrogens with zero attached hydrogens (tertiary/aromatic N) is 3. The lowest BCUT2D eigenvalue weighted by Gasteiger charge is -2.30. The van der Waals surface area contributed by atoms with E-state index in [4.69, 9.17) is 4.74 Å². The van der Waals surface area contributed by atoms with Gasteiger partial charge in [-0.15, -0.1) is 35.3 Å². The number of likely N-dealkylation sites (tertiary alicyclic amines) is 1. The molecular formula is C21H32IN5OS. The molecule has 1 fully saturated rings. The Hall–Kier alpha value is -1.39. The Morgan fingerprint density at radius 3 is 2.69 bits per heavy atom. The first kappa shape index (κ1) is 23.9. The molecular weight excluding hydrogens is 497 g/mol. The standard InChI is InChI=1S/C21H31N5OS.HI/c1-4-20-25-16(15-28-20)13-23-21(22-2)24-14-18(26-11-7-8-12-26)17-9-5-6-10-19(17)27-3;/h5-6,9-10,15,18H,4,7-8,11-14H2,1-3H3,(H2,22,23,24);1H. The highest BCUT2D eigenvalue weighted by Crippen LogP contribution is 2.31. The molecule has 2 N–H and O–H groups in total. The molecule has 2 heterocycles. The first-order valence-electron chi connectivity index (χ1n) is 10.00. The summed E-state index contributed by atoms with van der Waals surface area (Å²) >= 11 is 1.71. The van der Waals surface area contributed by atoms with E-state index in [1.807, 2.05) is 19.2 Å². The third-order valence-electron chi connectivity index (χ3n) is 5.10. The van der Waals surface area contributed by atoms with Crippen molar-refractivity contribution in [2.24, 2.45) is 4.99 Å². The van der Waals surface area contributed by atoms with Crippen molar-refractivity contribution in [3.63, 3.8) is 0 Å². The fourth-order valence-electron chi connectivity index (χ4n) is 3.61. The van der Waals surface area contributed by atoms with E-state index in [9.17, 15) is 0 Å². The number of guanidine groups is 1. The fraction of sp³-hybridized carbons (Fsp3) is 0.524. The Kier molecular flexibility index (Phi) is 10.2. The van der Waals surface area contributed by atoms with Crippen LogP contribution in [0.3, 0.4) is 0 Å². The van der Waals surface area contributed by atoms with Crippen LogP contribution in [0.5, 0.6) is 5.75 Å². The molecule has 6 nitrogen and oxygen atoms in total. The van der Waals surface area contributed by atoms with Gasteiger partial charge in [0.1, 0.15) is 5.75 Å². The van der Waals surface area contributed by atoms with Crippen LogP contribution in [0.15, 0.2) is 34.6 Å². The molecule has 0 aliphatic carbocycles. The molecule has 1 aromatic carbocycles. The zero-order valence-corrected chi connectivity index (χ0v) is 20.6. The highest BCUT2D eigenvalue weighted by atomic mass is 127. The van der Waals surface area contributed by atoms with Crippen LogP contribution in [-0.4, -0.2) is 49.6 Å². The Morgan fingerprint density at radius 2 is 2.03 bits per heavy atom. The lowest BCUT2D eigenvalue weighted by Crippen LogP contribution is -2.42. The van der Waals surface area contributed by atoms with Gasteiger partial charge in [-0.25, -0.2) is 4.98 Å². The summed E-state index contributed by atoms with van der Waals surface area (Å²) < 4.78 is 5.63. The topological polar surface area (TPSA) is 61.8 Å². The van der Waals surface area contributed by atoms with Gasteiger partial charge in [-0.3, -0.25) is 9.89 Å². The number of rotatable bonds is 8. The zero-order valence-electron chi connectivity index (χ0n) is 17.5. The summed E-state index contributed by atoms with van der Waals surface area (Å²) in [4.78, 5) is 11.5. The molecule has 1 aliphatic rings. The quantitative estimate of drug-likeness (QED) is 0.309. The van der Waals surface area contributed by atoms with Crippen molar-refractivity contribution in [3.8, 4) is 5.75 Å². The van der Waals surface area contributed by atoms with E-state index in [0.29, 0.717) is 6.54 Å². The Morgan fingerprint density at radius 1 is 1.28 bits per heavy atom. The summed E-state index contributed by atoms with van der Waals surface area (Å²) in [6.07, 6.45) is 3.48. The van der Waals surface area contributed by atoms with Gasteiger partial charge in [0.2, 0.25) is 0 Å². The molecule has 0 radical (unpaired) electrons. The van der Waals surface area contributed by atoms with E-state index in [1.54, 1.807) is 18.4 Å². The molecule has 0 bridgehead atoms. The zero-order chi connectivity index (χ0) is 19.8. The van der Waals surface area contributed by atoms with Crippen LogP contribution in [0.1, 0.15) is 42.1 Å². The third kappa shape index (κ3) is 6.55. The van der Waals surface area contributed by atoms with Gasteiger partial charge in [-0.1, -0.05) is 25.1 Å². The Balaban J connectivity index is 0.00000300. The molecule has 3 rings (SSSR count). The number of hydrogen-bond donors (Lipinski definition) is 2. The molecule has 8 heteroatoms. The summed E-state index contributed by atoms with van der Waals surface area (Å²) in [6, 6.07) is 8.57. The van der Waals surface area contributed by atoms with E-state index in [2.05, 4.69) is 49.9 Å². The maximum atomic E-state index is 5.63. The summed E-state index contributed by atoms with van der Waals surface area (Å²) in [5.41, 5.74) is 2.28. The SMILES string of the molecule is CCc1nc(CNC(=NC)NCC(c2ccccc2OC)N2CCCC2)cs1.I. The maximum absolute atomic E-state index is 5.63. The normalized spacial score (nSPS) is 15.6. The molecule has 2 aromatic rings. The lowest BCUT2D eigenvalue weighted by molar-refractivity contribution is 0.239. The second-order valence-corrected chi connectivity index (χ2v) is 7.84. The van der Waals surface area contributed by atoms with Crippen LogP contribution in [0.4, 0.5) is 0 Å². The molecule has 0 saturated carbocycles. The lowest BCUT2D eigenvalue weighted by atomic mass is 10.0. The molecule has 1 aliphatic heterocycles. The van der Waals surface area contributed by atoms with Gasteiger partial charge in [0, 0.05) is 24.5 Å². The number of methoxy groups -OCH3 is 1. The number of aryl methyl sites for hydroxylation is 1. The number of hydrogen-bond acceptors (Lipinski definition) is 5. The number of thiazole rings is 1. The number of ether oxygens (including phenoxy) is 1. The average Bonchev–Trinajstić information content (AvgIpc) is 3.43. The first-order valence-corrected chi connectivity index (χ1v) is 10.9. The van der Waals surface area contributed by atoms with Crippen molar-refractivity contribution in [2.45, 2.75) is 38.8 Å². The molecule has 1 saturated heterocycles. The predicted molar refractivity (Wildman–Crippen MR) is 132 cm³/mol. The maximum Gasteiger partial charge on any atom is 0.191 e. The number of nitrogens with one attached hydrogen (secondary N) is 2. The van der Waals surface area contributed by atoms with Crippen LogP contribution in [0.2, 0.25) is 0 Å². The van der Waals surface area contributed by atoms with Crippen LogP contribution >= 0.6 is 35.3 Å². The van der Waals surface area contributed by atoms with Crippen molar-refractivity contribution in [2.75, 3.05) is 33.8 Å². The van der Waals surface area contributed by atoms with Gasteiger partial charge in [0.05, 0.1) is 30.4 Å². The molecule has 160 valence electrons. The van der Waals surface area contributed by atoms with Crippen molar-refractivity contribution < 1.29 is 4.74 Å². The van der Waals surface area contributed by atoms with Gasteiger partial charge in [-0.2, -0.15) is 0 Å². The Bertz CT molecular complexity index is 776. The van der Waals surface area contributed by atoms with Crippen molar-refractivity contribution in [1.29, 1.82) is 0 Å². The highest BCUT2D eigenvalue weighted by Gasteiger charge is 2.26. The van der Waals surface area contributed by atoms with E-state index in [-0.39, 0.29) is 30.0 Å². The monoisotopic (exact) mass is 529 g/mol. The minimum absolute atomic E-state index is 0. The molecule has 0 amide bonds. The van der Waals surface area contributed by atoms with Gasteiger partial charge in [0.15, 0.2) is 5.96 Å². The van der Waals surface area contributed by atoms with Crippen LogP contribution in [0, 0.1) is 0 Å². The number of aliphatic imine (C=N–C) groups is 1. The average molecular weight is 529 g/mol. The van der Waals surface area contributed by atoms with E-state index < -0.39 is 0 Å². The number of aromatic nitrogens is 1. The summed E-state index contributed by atoms with van der Waals surface area (Å²) in [7, 11) is 3.55. The predicted octanol–water partition coefficient (Wildman–Crippen LogP) is 3.83. The molecule has 1 unspecified atom stereocenters. The number of halogens is 1. The van der Waals surface area contributed by atoms with Crippen LogP contribution < -0.4 is 15.4 Å². The van der Waals surface area contributed by atoms with Gasteiger partial charge in [0.25, 0.3) is 0 Å². The minimum atomic E-state index is 0. The highest BCUT2D eigenvalue weighted by molar-refractivity contribution is 14.0. The van der Waals surface area contributed by atoms with E-state index in [0.717, 1.165) is 43.5 Å².